The molecule has 0 saturated carbocycles. The van der Waals surface area contributed by atoms with E-state index in [4.69, 9.17) is 4.74 Å². The zero-order valence-corrected chi connectivity index (χ0v) is 15.5. The molecule has 0 saturated heterocycles. The van der Waals surface area contributed by atoms with E-state index >= 15 is 0 Å². The molecule has 134 valence electrons. The van der Waals surface area contributed by atoms with Crippen LogP contribution in [-0.2, 0) is 14.3 Å². The summed E-state index contributed by atoms with van der Waals surface area (Å²) in [5, 5.41) is 14.6. The summed E-state index contributed by atoms with van der Waals surface area (Å²) < 4.78 is 4.78. The summed E-state index contributed by atoms with van der Waals surface area (Å²) >= 11 is 1.29. The molecule has 2 aromatic rings. The van der Waals surface area contributed by atoms with Gasteiger partial charge in [0.25, 0.3) is 0 Å². The topological polar surface area (TPSA) is 93.2 Å². The van der Waals surface area contributed by atoms with Gasteiger partial charge in [-0.15, -0.1) is 10.2 Å². The normalized spacial score (nSPS) is 12.0. The van der Waals surface area contributed by atoms with Crippen LogP contribution in [0.4, 0.5) is 5.13 Å². The lowest BCUT2D eigenvalue weighted by Gasteiger charge is -2.20. The second kappa shape index (κ2) is 8.68. The fourth-order valence-electron chi connectivity index (χ4n) is 2.15. The molecule has 1 aromatic heterocycles. The van der Waals surface area contributed by atoms with Gasteiger partial charge in [0.05, 0.1) is 0 Å². The molecule has 1 atom stereocenters. The Morgan fingerprint density at radius 3 is 2.48 bits per heavy atom. The maximum Gasteiger partial charge on any atom is 0.249 e. The predicted octanol–water partition coefficient (Wildman–Crippen LogP) is 2.24. The number of carbonyl (C=O) groups is 2. The van der Waals surface area contributed by atoms with Crippen LogP contribution in [0.3, 0.4) is 0 Å². The Kier molecular flexibility index (Phi) is 6.60. The highest BCUT2D eigenvalue weighted by molar-refractivity contribution is 7.18. The van der Waals surface area contributed by atoms with Gasteiger partial charge in [0.1, 0.15) is 17.7 Å². The van der Waals surface area contributed by atoms with E-state index in [-0.39, 0.29) is 24.3 Å². The lowest BCUT2D eigenvalue weighted by molar-refractivity contribution is -0.129. The van der Waals surface area contributed by atoms with Gasteiger partial charge in [-0.2, -0.15) is 0 Å². The van der Waals surface area contributed by atoms with Crippen molar-refractivity contribution in [3.8, 4) is 10.6 Å². The molecule has 2 amide bonds. The molecule has 2 rings (SSSR count). The maximum atomic E-state index is 12.5. The van der Waals surface area contributed by atoms with Crippen molar-refractivity contribution < 1.29 is 14.3 Å². The summed E-state index contributed by atoms with van der Waals surface area (Å²) in [4.78, 5) is 24.1. The Hall–Kier alpha value is -2.32. The van der Waals surface area contributed by atoms with Crippen LogP contribution in [-0.4, -0.2) is 41.8 Å². The van der Waals surface area contributed by atoms with Crippen molar-refractivity contribution in [3.05, 3.63) is 29.8 Å². The highest BCUT2D eigenvalue weighted by Crippen LogP contribution is 2.26. The first kappa shape index (κ1) is 19.0. The van der Waals surface area contributed by atoms with E-state index in [0.717, 1.165) is 16.1 Å². The van der Waals surface area contributed by atoms with Gasteiger partial charge >= 0.3 is 0 Å². The zero-order valence-electron chi connectivity index (χ0n) is 14.7. The molecular weight excluding hydrogens is 340 g/mol. The predicted molar refractivity (Wildman–Crippen MR) is 97.4 cm³/mol. The summed E-state index contributed by atoms with van der Waals surface area (Å²) in [6.07, 6.45) is 0. The van der Waals surface area contributed by atoms with Crippen molar-refractivity contribution in [3.63, 3.8) is 0 Å². The van der Waals surface area contributed by atoms with Gasteiger partial charge in [-0.1, -0.05) is 55.0 Å². The van der Waals surface area contributed by atoms with E-state index in [2.05, 4.69) is 20.8 Å². The van der Waals surface area contributed by atoms with Crippen LogP contribution in [0.1, 0.15) is 19.4 Å². The molecule has 0 bridgehead atoms. The van der Waals surface area contributed by atoms with Gasteiger partial charge < -0.3 is 10.1 Å². The van der Waals surface area contributed by atoms with E-state index < -0.39 is 6.04 Å². The number of anilines is 1. The average Bonchev–Trinajstić information content (AvgIpc) is 3.01. The average molecular weight is 362 g/mol. The number of carbonyl (C=O) groups excluding carboxylic acids is 2. The molecule has 7 nitrogen and oxygen atoms in total. The van der Waals surface area contributed by atoms with E-state index in [1.165, 1.54) is 18.4 Å². The third-order valence-corrected chi connectivity index (χ3v) is 4.38. The van der Waals surface area contributed by atoms with Crippen LogP contribution in [0.2, 0.25) is 0 Å². The molecule has 0 aliphatic heterocycles. The number of nitrogens with one attached hydrogen (secondary N) is 2. The number of hydrogen-bond donors (Lipinski definition) is 2. The summed E-state index contributed by atoms with van der Waals surface area (Å²) in [5.41, 5.74) is 2.10. The number of nitrogens with zero attached hydrogens (tertiary/aromatic N) is 2. The minimum atomic E-state index is -0.672. The minimum Gasteiger partial charge on any atom is -0.375 e. The van der Waals surface area contributed by atoms with E-state index in [1.807, 2.05) is 45.0 Å². The third-order valence-electron chi connectivity index (χ3n) is 3.49. The molecule has 25 heavy (non-hydrogen) atoms. The zero-order chi connectivity index (χ0) is 18.4. The largest absolute Gasteiger partial charge is 0.375 e. The first-order valence-electron chi connectivity index (χ1n) is 7.90. The van der Waals surface area contributed by atoms with Crippen molar-refractivity contribution in [2.24, 2.45) is 5.92 Å². The van der Waals surface area contributed by atoms with Crippen LogP contribution in [0, 0.1) is 12.8 Å². The summed E-state index contributed by atoms with van der Waals surface area (Å²) in [6.45, 7) is 5.64. The van der Waals surface area contributed by atoms with E-state index in [0.29, 0.717) is 5.13 Å². The number of hydrogen-bond acceptors (Lipinski definition) is 6. The number of benzene rings is 1. The van der Waals surface area contributed by atoms with Crippen molar-refractivity contribution >= 4 is 28.3 Å². The number of aryl methyl sites for hydroxylation is 1. The van der Waals surface area contributed by atoms with Gasteiger partial charge in [-0.05, 0) is 12.8 Å². The van der Waals surface area contributed by atoms with Gasteiger partial charge in [0.2, 0.25) is 16.9 Å². The van der Waals surface area contributed by atoms with Crippen LogP contribution in [0.25, 0.3) is 10.6 Å². The lowest BCUT2D eigenvalue weighted by atomic mass is 10.0. The summed E-state index contributed by atoms with van der Waals surface area (Å²) in [6, 6.07) is 7.24. The Bertz CT molecular complexity index is 728. The number of methoxy groups -OCH3 is 1. The fourth-order valence-corrected chi connectivity index (χ4v) is 2.90. The highest BCUT2D eigenvalue weighted by atomic mass is 32.1. The van der Waals surface area contributed by atoms with Crippen LogP contribution >= 0.6 is 11.3 Å². The molecule has 0 unspecified atom stereocenters. The van der Waals surface area contributed by atoms with Crippen molar-refractivity contribution in [1.29, 1.82) is 0 Å². The van der Waals surface area contributed by atoms with Crippen LogP contribution in [0.5, 0.6) is 0 Å². The van der Waals surface area contributed by atoms with Gasteiger partial charge in [-0.3, -0.25) is 14.9 Å². The summed E-state index contributed by atoms with van der Waals surface area (Å²) in [5.74, 6) is -0.745. The molecular formula is C17H22N4O3S. The SMILES string of the molecule is COCC(=O)N[C@H](C(=O)Nc1nnc(-c2ccc(C)cc2)s1)C(C)C. The van der Waals surface area contributed by atoms with Crippen molar-refractivity contribution in [2.75, 3.05) is 19.0 Å². The van der Waals surface area contributed by atoms with Crippen molar-refractivity contribution in [1.82, 2.24) is 15.5 Å². The molecule has 8 heteroatoms. The molecule has 0 fully saturated rings. The van der Waals surface area contributed by atoms with Crippen LogP contribution < -0.4 is 10.6 Å². The number of amides is 2. The van der Waals surface area contributed by atoms with E-state index in [9.17, 15) is 9.59 Å². The number of aromatic nitrogens is 2. The van der Waals surface area contributed by atoms with Gasteiger partial charge in [0.15, 0.2) is 0 Å². The van der Waals surface area contributed by atoms with E-state index in [1.54, 1.807) is 0 Å². The smallest absolute Gasteiger partial charge is 0.249 e. The number of ether oxygens (including phenoxy) is 1. The molecule has 0 spiro atoms. The molecule has 1 aromatic carbocycles. The Morgan fingerprint density at radius 1 is 1.20 bits per heavy atom. The van der Waals surface area contributed by atoms with Crippen LogP contribution in [0.15, 0.2) is 24.3 Å². The fraction of sp³-hybridized carbons (Fsp3) is 0.412. The molecule has 2 N–H and O–H groups in total. The Labute approximate surface area is 150 Å². The quantitative estimate of drug-likeness (QED) is 0.788. The minimum absolute atomic E-state index is 0.0784. The standard InChI is InChI=1S/C17H22N4O3S/c1-10(2)14(18-13(22)9-24-4)15(23)19-17-21-20-16(25-17)12-7-5-11(3)6-8-12/h5-8,10,14H,9H2,1-4H3,(H,18,22)(H,19,21,23)/t14-/m0/s1. The second-order valence-electron chi connectivity index (χ2n) is 5.99. The molecule has 0 aliphatic rings. The summed E-state index contributed by atoms with van der Waals surface area (Å²) in [7, 11) is 1.43. The maximum absolute atomic E-state index is 12.5. The molecule has 0 radical (unpaired) electrons. The van der Waals surface area contributed by atoms with Gasteiger partial charge in [0, 0.05) is 12.7 Å². The monoisotopic (exact) mass is 362 g/mol. The van der Waals surface area contributed by atoms with Gasteiger partial charge in [-0.25, -0.2) is 0 Å². The second-order valence-corrected chi connectivity index (χ2v) is 6.97. The Balaban J connectivity index is 2.06. The highest BCUT2D eigenvalue weighted by Gasteiger charge is 2.25. The molecule has 1 heterocycles. The molecule has 0 aliphatic carbocycles. The first-order valence-corrected chi connectivity index (χ1v) is 8.72. The lowest BCUT2D eigenvalue weighted by Crippen LogP contribution is -2.48. The van der Waals surface area contributed by atoms with Crippen molar-refractivity contribution in [2.45, 2.75) is 26.8 Å². The third kappa shape index (κ3) is 5.33. The first-order chi connectivity index (χ1) is 11.9. The Morgan fingerprint density at radius 2 is 1.88 bits per heavy atom. The number of rotatable bonds is 7.